The van der Waals surface area contributed by atoms with E-state index in [4.69, 9.17) is 10.4 Å². The maximum absolute atomic E-state index is 11.1. The SMILES string of the molecule is CCCC[C@H](Nc1ccc(C)c(C#N)n1)C(=O)O. The van der Waals surface area contributed by atoms with Gasteiger partial charge in [-0.2, -0.15) is 5.26 Å². The second-order valence-corrected chi connectivity index (χ2v) is 4.15. The van der Waals surface area contributed by atoms with E-state index in [1.165, 1.54) is 0 Å². The maximum Gasteiger partial charge on any atom is 0.326 e. The van der Waals surface area contributed by atoms with E-state index >= 15 is 0 Å². The molecule has 0 bridgehead atoms. The second kappa shape index (κ2) is 6.60. The number of hydrogen-bond acceptors (Lipinski definition) is 4. The molecule has 0 unspecified atom stereocenters. The Bertz CT molecular complexity index is 466. The second-order valence-electron chi connectivity index (χ2n) is 4.15. The van der Waals surface area contributed by atoms with E-state index in [9.17, 15) is 4.79 Å². The van der Waals surface area contributed by atoms with Gasteiger partial charge < -0.3 is 10.4 Å². The molecule has 0 aromatic carbocycles. The highest BCUT2D eigenvalue weighted by Gasteiger charge is 2.17. The normalized spacial score (nSPS) is 11.6. The number of carboxylic acids is 1. The number of nitrogens with one attached hydrogen (secondary N) is 1. The number of nitriles is 1. The van der Waals surface area contributed by atoms with Gasteiger partial charge in [0.15, 0.2) is 0 Å². The number of hydrogen-bond donors (Lipinski definition) is 2. The summed E-state index contributed by atoms with van der Waals surface area (Å²) in [6.45, 7) is 3.80. The van der Waals surface area contributed by atoms with E-state index in [-0.39, 0.29) is 0 Å². The molecule has 0 radical (unpaired) electrons. The van der Waals surface area contributed by atoms with Crippen LogP contribution < -0.4 is 5.32 Å². The Kier molecular flexibility index (Phi) is 5.12. The van der Waals surface area contributed by atoms with Crippen LogP contribution in [0.5, 0.6) is 0 Å². The molecule has 18 heavy (non-hydrogen) atoms. The third-order valence-corrected chi connectivity index (χ3v) is 2.67. The van der Waals surface area contributed by atoms with Gasteiger partial charge in [0.1, 0.15) is 23.6 Å². The number of carbonyl (C=O) groups is 1. The molecular weight excluding hydrogens is 230 g/mol. The molecule has 96 valence electrons. The highest BCUT2D eigenvalue weighted by Crippen LogP contribution is 2.13. The number of unbranched alkanes of at least 4 members (excludes halogenated alkanes) is 1. The van der Waals surface area contributed by atoms with E-state index in [0.717, 1.165) is 18.4 Å². The van der Waals surface area contributed by atoms with Gasteiger partial charge in [0.2, 0.25) is 0 Å². The molecule has 1 atom stereocenters. The standard InChI is InChI=1S/C13H17N3O2/c1-3-4-5-10(13(17)18)15-12-7-6-9(2)11(8-14)16-12/h6-7,10H,3-5H2,1-2H3,(H,15,16)(H,17,18)/t10-/m0/s1. The minimum Gasteiger partial charge on any atom is -0.480 e. The van der Waals surface area contributed by atoms with Crippen LogP contribution in [0.2, 0.25) is 0 Å². The molecule has 1 rings (SSSR count). The highest BCUT2D eigenvalue weighted by molar-refractivity contribution is 5.76. The lowest BCUT2D eigenvalue weighted by atomic mass is 10.1. The van der Waals surface area contributed by atoms with Crippen molar-refractivity contribution in [3.8, 4) is 6.07 Å². The zero-order valence-electron chi connectivity index (χ0n) is 10.6. The molecular formula is C13H17N3O2. The van der Waals surface area contributed by atoms with Crippen molar-refractivity contribution >= 4 is 11.8 Å². The van der Waals surface area contributed by atoms with Crippen LogP contribution in [0.4, 0.5) is 5.82 Å². The summed E-state index contributed by atoms with van der Waals surface area (Å²) < 4.78 is 0. The van der Waals surface area contributed by atoms with Gasteiger partial charge >= 0.3 is 5.97 Å². The van der Waals surface area contributed by atoms with E-state index in [1.807, 2.05) is 13.0 Å². The first-order chi connectivity index (χ1) is 8.58. The van der Waals surface area contributed by atoms with Crippen molar-refractivity contribution in [3.05, 3.63) is 23.4 Å². The number of pyridine rings is 1. The van der Waals surface area contributed by atoms with E-state index in [2.05, 4.69) is 10.3 Å². The predicted octanol–water partition coefficient (Wildman–Crippen LogP) is 2.32. The fourth-order valence-electron chi connectivity index (χ4n) is 1.57. The number of anilines is 1. The van der Waals surface area contributed by atoms with Gasteiger partial charge in [-0.1, -0.05) is 25.8 Å². The Morgan fingerprint density at radius 1 is 1.61 bits per heavy atom. The number of carboxylic acid groups (broad SMARTS) is 1. The van der Waals surface area contributed by atoms with Crippen LogP contribution in [0.1, 0.15) is 37.4 Å². The van der Waals surface area contributed by atoms with Gasteiger partial charge in [-0.15, -0.1) is 0 Å². The molecule has 0 aliphatic rings. The molecule has 0 aliphatic carbocycles. The molecule has 1 aromatic rings. The van der Waals surface area contributed by atoms with Crippen LogP contribution in [0.3, 0.4) is 0 Å². The van der Waals surface area contributed by atoms with Crippen molar-refractivity contribution in [1.29, 1.82) is 5.26 Å². The average molecular weight is 247 g/mol. The molecule has 5 nitrogen and oxygen atoms in total. The number of nitrogens with zero attached hydrogens (tertiary/aromatic N) is 2. The molecule has 5 heteroatoms. The molecule has 0 saturated heterocycles. The zero-order valence-corrected chi connectivity index (χ0v) is 10.6. The quantitative estimate of drug-likeness (QED) is 0.805. The average Bonchev–Trinajstić information content (AvgIpc) is 2.36. The number of aliphatic carboxylic acids is 1. The molecule has 0 fully saturated rings. The lowest BCUT2D eigenvalue weighted by Gasteiger charge is -2.14. The summed E-state index contributed by atoms with van der Waals surface area (Å²) in [5, 5.41) is 20.8. The first-order valence-electron chi connectivity index (χ1n) is 5.95. The van der Waals surface area contributed by atoms with E-state index in [0.29, 0.717) is 17.9 Å². The first-order valence-corrected chi connectivity index (χ1v) is 5.95. The Morgan fingerprint density at radius 2 is 2.33 bits per heavy atom. The maximum atomic E-state index is 11.1. The molecule has 1 heterocycles. The molecule has 0 amide bonds. The van der Waals surface area contributed by atoms with Gasteiger partial charge in [-0.3, -0.25) is 0 Å². The lowest BCUT2D eigenvalue weighted by molar-refractivity contribution is -0.138. The van der Waals surface area contributed by atoms with Gasteiger partial charge in [-0.05, 0) is 25.0 Å². The van der Waals surface area contributed by atoms with Crippen molar-refractivity contribution in [3.63, 3.8) is 0 Å². The van der Waals surface area contributed by atoms with E-state index < -0.39 is 12.0 Å². The Balaban J connectivity index is 2.81. The van der Waals surface area contributed by atoms with Crippen LogP contribution in [0, 0.1) is 18.3 Å². The zero-order chi connectivity index (χ0) is 13.5. The van der Waals surface area contributed by atoms with Gasteiger partial charge in [-0.25, -0.2) is 9.78 Å². The van der Waals surface area contributed by atoms with Crippen LogP contribution in [0.25, 0.3) is 0 Å². The van der Waals surface area contributed by atoms with Crippen molar-refractivity contribution in [2.24, 2.45) is 0 Å². The van der Waals surface area contributed by atoms with Crippen LogP contribution in [0.15, 0.2) is 12.1 Å². The third-order valence-electron chi connectivity index (χ3n) is 2.67. The third kappa shape index (κ3) is 3.74. The van der Waals surface area contributed by atoms with Crippen LogP contribution in [-0.4, -0.2) is 22.1 Å². The highest BCUT2D eigenvalue weighted by atomic mass is 16.4. The monoisotopic (exact) mass is 247 g/mol. The molecule has 2 N–H and O–H groups in total. The Morgan fingerprint density at radius 3 is 2.89 bits per heavy atom. The van der Waals surface area contributed by atoms with Crippen molar-refractivity contribution < 1.29 is 9.90 Å². The predicted molar refractivity (Wildman–Crippen MR) is 68.3 cm³/mol. The van der Waals surface area contributed by atoms with Crippen molar-refractivity contribution in [1.82, 2.24) is 4.98 Å². The molecule has 0 spiro atoms. The minimum atomic E-state index is -0.899. The lowest BCUT2D eigenvalue weighted by Crippen LogP contribution is -2.29. The largest absolute Gasteiger partial charge is 0.480 e. The van der Waals surface area contributed by atoms with Crippen LogP contribution in [-0.2, 0) is 4.79 Å². The fraction of sp³-hybridized carbons (Fsp3) is 0.462. The van der Waals surface area contributed by atoms with Crippen LogP contribution >= 0.6 is 0 Å². The summed E-state index contributed by atoms with van der Waals surface area (Å²) in [4.78, 5) is 15.2. The summed E-state index contributed by atoms with van der Waals surface area (Å²) >= 11 is 0. The van der Waals surface area contributed by atoms with Gasteiger partial charge in [0, 0.05) is 0 Å². The Labute approximate surface area is 106 Å². The number of aromatic nitrogens is 1. The summed E-state index contributed by atoms with van der Waals surface area (Å²) in [6.07, 6.45) is 2.32. The summed E-state index contributed by atoms with van der Waals surface area (Å²) in [6, 6.07) is 4.77. The first kappa shape index (κ1) is 14.0. The topological polar surface area (TPSA) is 86.0 Å². The minimum absolute atomic E-state index is 0.319. The molecule has 0 aliphatic heterocycles. The molecule has 1 aromatic heterocycles. The van der Waals surface area contributed by atoms with Gasteiger partial charge in [0.25, 0.3) is 0 Å². The van der Waals surface area contributed by atoms with Crippen molar-refractivity contribution in [2.45, 2.75) is 39.2 Å². The van der Waals surface area contributed by atoms with Gasteiger partial charge in [0.05, 0.1) is 0 Å². The summed E-state index contributed by atoms with van der Waals surface area (Å²) in [5.41, 5.74) is 1.10. The summed E-state index contributed by atoms with van der Waals surface area (Å²) in [5.74, 6) is -0.468. The number of rotatable bonds is 6. The fourth-order valence-corrected chi connectivity index (χ4v) is 1.57. The summed E-state index contributed by atoms with van der Waals surface area (Å²) in [7, 11) is 0. The number of aryl methyl sites for hydroxylation is 1. The molecule has 0 saturated carbocycles. The Hall–Kier alpha value is -2.09. The van der Waals surface area contributed by atoms with E-state index in [1.54, 1.807) is 19.1 Å². The van der Waals surface area contributed by atoms with Crippen molar-refractivity contribution in [2.75, 3.05) is 5.32 Å². The smallest absolute Gasteiger partial charge is 0.326 e.